The van der Waals surface area contributed by atoms with E-state index in [9.17, 15) is 9.59 Å². The summed E-state index contributed by atoms with van der Waals surface area (Å²) in [7, 11) is 0. The Morgan fingerprint density at radius 1 is 1.36 bits per heavy atom. The van der Waals surface area contributed by atoms with Crippen molar-refractivity contribution in [3.8, 4) is 0 Å². The molecule has 0 radical (unpaired) electrons. The molecular weight excluding hydrogens is 280 g/mol. The molecule has 2 atom stereocenters. The fourth-order valence-electron chi connectivity index (χ4n) is 3.12. The van der Waals surface area contributed by atoms with Crippen molar-refractivity contribution in [2.45, 2.75) is 45.3 Å². The SMILES string of the molecule is CC1CCCC(OC(=O)Cn2c(=O)cnc3ccccc32)C1. The van der Waals surface area contributed by atoms with Crippen molar-refractivity contribution in [3.63, 3.8) is 0 Å². The Morgan fingerprint density at radius 3 is 3.00 bits per heavy atom. The number of nitrogens with zero attached hydrogens (tertiary/aromatic N) is 2. The van der Waals surface area contributed by atoms with Gasteiger partial charge in [0, 0.05) is 0 Å². The van der Waals surface area contributed by atoms with Crippen molar-refractivity contribution in [3.05, 3.63) is 40.8 Å². The topological polar surface area (TPSA) is 61.2 Å². The number of carbonyl (C=O) groups excluding carboxylic acids is 1. The Balaban J connectivity index is 1.76. The Morgan fingerprint density at radius 2 is 2.18 bits per heavy atom. The molecule has 5 heteroatoms. The molecule has 0 N–H and O–H groups in total. The molecule has 3 rings (SSSR count). The van der Waals surface area contributed by atoms with Crippen LogP contribution in [0.25, 0.3) is 11.0 Å². The number of fused-ring (bicyclic) bond motifs is 1. The molecule has 2 aromatic rings. The largest absolute Gasteiger partial charge is 0.461 e. The molecule has 1 aromatic carbocycles. The molecule has 1 saturated carbocycles. The zero-order valence-corrected chi connectivity index (χ0v) is 12.7. The number of rotatable bonds is 3. The zero-order valence-electron chi connectivity index (χ0n) is 12.7. The van der Waals surface area contributed by atoms with E-state index in [1.807, 2.05) is 18.2 Å². The van der Waals surface area contributed by atoms with Gasteiger partial charge in [-0.15, -0.1) is 0 Å². The molecule has 22 heavy (non-hydrogen) atoms. The first-order valence-electron chi connectivity index (χ1n) is 7.77. The summed E-state index contributed by atoms with van der Waals surface area (Å²) in [6, 6.07) is 7.29. The maximum atomic E-state index is 12.2. The number of carbonyl (C=O) groups is 1. The minimum Gasteiger partial charge on any atom is -0.461 e. The summed E-state index contributed by atoms with van der Waals surface area (Å²) in [5, 5.41) is 0. The van der Waals surface area contributed by atoms with Crippen molar-refractivity contribution in [1.29, 1.82) is 0 Å². The van der Waals surface area contributed by atoms with E-state index in [0.29, 0.717) is 17.0 Å². The highest BCUT2D eigenvalue weighted by Crippen LogP contribution is 2.25. The summed E-state index contributed by atoms with van der Waals surface area (Å²) in [5.74, 6) is 0.244. The second kappa shape index (κ2) is 6.30. The average Bonchev–Trinajstić information content (AvgIpc) is 2.50. The summed E-state index contributed by atoms with van der Waals surface area (Å²) in [6.07, 6.45) is 5.36. The smallest absolute Gasteiger partial charge is 0.326 e. The minimum atomic E-state index is -0.349. The number of para-hydroxylation sites is 2. The van der Waals surface area contributed by atoms with Gasteiger partial charge < -0.3 is 4.74 Å². The first kappa shape index (κ1) is 14.8. The van der Waals surface area contributed by atoms with Gasteiger partial charge in [0.15, 0.2) is 0 Å². The van der Waals surface area contributed by atoms with Crippen LogP contribution in [0.3, 0.4) is 0 Å². The van der Waals surface area contributed by atoms with Crippen molar-refractivity contribution < 1.29 is 9.53 Å². The Bertz CT molecular complexity index is 738. The van der Waals surface area contributed by atoms with Crippen LogP contribution in [0.4, 0.5) is 0 Å². The van der Waals surface area contributed by atoms with Crippen molar-refractivity contribution in [2.75, 3.05) is 0 Å². The van der Waals surface area contributed by atoms with E-state index in [0.717, 1.165) is 19.3 Å². The lowest BCUT2D eigenvalue weighted by Gasteiger charge is -2.26. The first-order valence-corrected chi connectivity index (χ1v) is 7.77. The number of ether oxygens (including phenoxy) is 1. The predicted octanol–water partition coefficient (Wildman–Crippen LogP) is 2.52. The molecule has 0 saturated heterocycles. The molecule has 1 aliphatic rings. The molecular formula is C17H20N2O3. The van der Waals surface area contributed by atoms with Crippen LogP contribution in [0.2, 0.25) is 0 Å². The molecule has 116 valence electrons. The predicted molar refractivity (Wildman–Crippen MR) is 83.5 cm³/mol. The maximum Gasteiger partial charge on any atom is 0.326 e. The van der Waals surface area contributed by atoms with E-state index in [1.54, 1.807) is 6.07 Å². The van der Waals surface area contributed by atoms with E-state index in [4.69, 9.17) is 4.74 Å². The summed E-state index contributed by atoms with van der Waals surface area (Å²) in [6.45, 7) is 2.12. The highest BCUT2D eigenvalue weighted by molar-refractivity contribution is 5.77. The van der Waals surface area contributed by atoms with Crippen molar-refractivity contribution >= 4 is 17.0 Å². The molecule has 1 aliphatic carbocycles. The van der Waals surface area contributed by atoms with Crippen LogP contribution in [-0.4, -0.2) is 21.6 Å². The Hall–Kier alpha value is -2.17. The van der Waals surface area contributed by atoms with E-state index < -0.39 is 0 Å². The standard InChI is InChI=1S/C17H20N2O3/c1-12-5-4-6-13(9-12)22-17(21)11-19-15-8-3-2-7-14(15)18-10-16(19)20/h2-3,7-8,10,12-13H,4-6,9,11H2,1H3. The van der Waals surface area contributed by atoms with Gasteiger partial charge in [-0.25, -0.2) is 4.98 Å². The van der Waals surface area contributed by atoms with Crippen LogP contribution < -0.4 is 5.56 Å². The van der Waals surface area contributed by atoms with E-state index in [2.05, 4.69) is 11.9 Å². The highest BCUT2D eigenvalue weighted by atomic mass is 16.5. The number of hydrogen-bond acceptors (Lipinski definition) is 4. The third kappa shape index (κ3) is 3.18. The van der Waals surface area contributed by atoms with Crippen LogP contribution >= 0.6 is 0 Å². The normalized spacial score (nSPS) is 21.7. The van der Waals surface area contributed by atoms with Crippen LogP contribution in [0.5, 0.6) is 0 Å². The Kier molecular flexibility index (Phi) is 4.22. The van der Waals surface area contributed by atoms with Gasteiger partial charge in [-0.2, -0.15) is 0 Å². The van der Waals surface area contributed by atoms with E-state index in [1.165, 1.54) is 17.2 Å². The van der Waals surface area contributed by atoms with Crippen LogP contribution in [0.1, 0.15) is 32.6 Å². The molecule has 2 unspecified atom stereocenters. The number of hydrogen-bond donors (Lipinski definition) is 0. The van der Waals surface area contributed by atoms with E-state index in [-0.39, 0.29) is 24.2 Å². The summed E-state index contributed by atoms with van der Waals surface area (Å²) in [5.41, 5.74) is 1.07. The lowest BCUT2D eigenvalue weighted by molar-refractivity contribution is -0.151. The second-order valence-corrected chi connectivity index (χ2v) is 6.05. The van der Waals surface area contributed by atoms with Crippen LogP contribution in [0.15, 0.2) is 35.3 Å². The van der Waals surface area contributed by atoms with Gasteiger partial charge in [0.2, 0.25) is 0 Å². The molecule has 0 amide bonds. The van der Waals surface area contributed by atoms with E-state index >= 15 is 0 Å². The third-order valence-electron chi connectivity index (χ3n) is 4.23. The third-order valence-corrected chi connectivity index (χ3v) is 4.23. The van der Waals surface area contributed by atoms with Gasteiger partial charge >= 0.3 is 5.97 Å². The van der Waals surface area contributed by atoms with Gasteiger partial charge in [-0.05, 0) is 37.3 Å². The molecule has 0 aliphatic heterocycles. The fourth-order valence-corrected chi connectivity index (χ4v) is 3.12. The molecule has 0 spiro atoms. The van der Waals surface area contributed by atoms with Crippen molar-refractivity contribution in [2.24, 2.45) is 5.92 Å². The van der Waals surface area contributed by atoms with Gasteiger partial charge in [0.1, 0.15) is 12.6 Å². The minimum absolute atomic E-state index is 0.0138. The molecule has 1 fully saturated rings. The van der Waals surface area contributed by atoms with Gasteiger partial charge in [0.25, 0.3) is 5.56 Å². The summed E-state index contributed by atoms with van der Waals surface area (Å²) < 4.78 is 6.98. The van der Waals surface area contributed by atoms with Crippen LogP contribution in [-0.2, 0) is 16.1 Å². The van der Waals surface area contributed by atoms with Gasteiger partial charge in [-0.1, -0.05) is 25.5 Å². The Labute approximate surface area is 128 Å². The summed E-state index contributed by atoms with van der Waals surface area (Å²) in [4.78, 5) is 28.3. The second-order valence-electron chi connectivity index (χ2n) is 6.05. The molecule has 5 nitrogen and oxygen atoms in total. The maximum absolute atomic E-state index is 12.2. The lowest BCUT2D eigenvalue weighted by Crippen LogP contribution is -2.30. The zero-order chi connectivity index (χ0) is 15.5. The highest BCUT2D eigenvalue weighted by Gasteiger charge is 2.22. The summed E-state index contributed by atoms with van der Waals surface area (Å²) >= 11 is 0. The number of esters is 1. The van der Waals surface area contributed by atoms with Gasteiger partial charge in [-0.3, -0.25) is 14.2 Å². The molecule has 1 heterocycles. The fraction of sp³-hybridized carbons (Fsp3) is 0.471. The first-order chi connectivity index (χ1) is 10.6. The molecule has 0 bridgehead atoms. The lowest BCUT2D eigenvalue weighted by atomic mass is 9.89. The number of aromatic nitrogens is 2. The molecule has 1 aromatic heterocycles. The van der Waals surface area contributed by atoms with Crippen molar-refractivity contribution in [1.82, 2.24) is 9.55 Å². The van der Waals surface area contributed by atoms with Crippen LogP contribution in [0, 0.1) is 5.92 Å². The number of benzene rings is 1. The monoisotopic (exact) mass is 300 g/mol. The van der Waals surface area contributed by atoms with Gasteiger partial charge in [0.05, 0.1) is 17.2 Å². The average molecular weight is 300 g/mol. The quantitative estimate of drug-likeness (QED) is 0.817.